The van der Waals surface area contributed by atoms with E-state index in [0.29, 0.717) is 5.02 Å². The van der Waals surface area contributed by atoms with Crippen LogP contribution in [-0.4, -0.2) is 20.2 Å². The van der Waals surface area contributed by atoms with Gasteiger partial charge in [0, 0.05) is 34.7 Å². The number of fused-ring (bicyclic) bond motifs is 1. The number of halogens is 1. The first-order valence-electron chi connectivity index (χ1n) is 8.14. The van der Waals surface area contributed by atoms with Gasteiger partial charge in [-0.25, -0.2) is 4.98 Å². The van der Waals surface area contributed by atoms with Crippen LogP contribution in [-0.2, 0) is 0 Å². The molecule has 0 atom stereocenters. The predicted molar refractivity (Wildman–Crippen MR) is 106 cm³/mol. The van der Waals surface area contributed by atoms with E-state index < -0.39 is 0 Å². The number of anilines is 1. The Labute approximate surface area is 156 Å². The van der Waals surface area contributed by atoms with E-state index in [2.05, 4.69) is 20.5 Å². The summed E-state index contributed by atoms with van der Waals surface area (Å²) in [6.45, 7) is 1.97. The summed E-state index contributed by atoms with van der Waals surface area (Å²) >= 11 is 6.03. The van der Waals surface area contributed by atoms with Crippen LogP contribution in [0.5, 0.6) is 0 Å². The molecule has 0 spiro atoms. The van der Waals surface area contributed by atoms with Crippen LogP contribution in [0, 0.1) is 0 Å². The fraction of sp³-hybridized carbons (Fsp3) is 0.0500. The highest BCUT2D eigenvalue weighted by Crippen LogP contribution is 2.24. The van der Waals surface area contributed by atoms with Crippen molar-refractivity contribution in [2.45, 2.75) is 6.92 Å². The van der Waals surface area contributed by atoms with Gasteiger partial charge in [-0.05, 0) is 48.9 Å². The third-order valence-electron chi connectivity index (χ3n) is 4.14. The van der Waals surface area contributed by atoms with Crippen LogP contribution in [0.2, 0.25) is 5.02 Å². The largest absolute Gasteiger partial charge is 0.306 e. The number of hydrazone groups is 1. The van der Waals surface area contributed by atoms with E-state index in [1.807, 2.05) is 66.2 Å². The molecular weight excluding hydrogens is 346 g/mol. The van der Waals surface area contributed by atoms with Crippen molar-refractivity contribution in [2.75, 3.05) is 5.43 Å². The molecule has 1 N–H and O–H groups in total. The highest BCUT2D eigenvalue weighted by atomic mass is 35.5. The van der Waals surface area contributed by atoms with Crippen molar-refractivity contribution >= 4 is 33.9 Å². The van der Waals surface area contributed by atoms with E-state index in [4.69, 9.17) is 11.6 Å². The molecule has 0 unspecified atom stereocenters. The van der Waals surface area contributed by atoms with Crippen molar-refractivity contribution in [3.05, 3.63) is 84.0 Å². The lowest BCUT2D eigenvalue weighted by Gasteiger charge is -2.08. The maximum atomic E-state index is 6.03. The van der Waals surface area contributed by atoms with Crippen molar-refractivity contribution in [3.8, 4) is 5.69 Å². The van der Waals surface area contributed by atoms with Gasteiger partial charge in [0.1, 0.15) is 0 Å². The zero-order chi connectivity index (χ0) is 17.9. The van der Waals surface area contributed by atoms with Crippen LogP contribution in [0.1, 0.15) is 12.5 Å². The molecule has 0 fully saturated rings. The Kier molecular flexibility index (Phi) is 4.37. The second-order valence-electron chi connectivity index (χ2n) is 5.85. The molecule has 0 saturated carbocycles. The molecule has 0 amide bonds. The highest BCUT2D eigenvalue weighted by Gasteiger charge is 2.03. The third-order valence-corrected chi connectivity index (χ3v) is 4.37. The van der Waals surface area contributed by atoms with Gasteiger partial charge in [-0.3, -0.25) is 10.4 Å². The third kappa shape index (κ3) is 3.30. The predicted octanol–water partition coefficient (Wildman–Crippen LogP) is 4.91. The summed E-state index contributed by atoms with van der Waals surface area (Å²) in [4.78, 5) is 8.41. The van der Waals surface area contributed by atoms with Crippen LogP contribution in [0.4, 0.5) is 5.69 Å². The molecule has 0 aliphatic carbocycles. The summed E-state index contributed by atoms with van der Waals surface area (Å²) < 4.78 is 1.96. The molecule has 0 bridgehead atoms. The molecule has 4 aromatic rings. The first-order chi connectivity index (χ1) is 12.7. The van der Waals surface area contributed by atoms with Gasteiger partial charge >= 0.3 is 0 Å². The van der Waals surface area contributed by atoms with Crippen molar-refractivity contribution in [1.29, 1.82) is 0 Å². The van der Waals surface area contributed by atoms with Crippen LogP contribution >= 0.6 is 11.6 Å². The smallest absolute Gasteiger partial charge is 0.0991 e. The van der Waals surface area contributed by atoms with Gasteiger partial charge in [-0.2, -0.15) is 5.10 Å². The summed E-state index contributed by atoms with van der Waals surface area (Å²) in [5, 5.41) is 6.16. The Balaban J connectivity index is 1.57. The summed E-state index contributed by atoms with van der Waals surface area (Å²) in [5.41, 5.74) is 7.85. The van der Waals surface area contributed by atoms with Gasteiger partial charge in [-0.15, -0.1) is 0 Å². The SMILES string of the molecule is CC(=NNc1ccnc2cc(Cl)ccc12)c1ccc(-n2ccnc2)cc1. The van der Waals surface area contributed by atoms with Crippen molar-refractivity contribution < 1.29 is 0 Å². The fourth-order valence-corrected chi connectivity index (χ4v) is 2.88. The molecule has 2 aromatic carbocycles. The average Bonchev–Trinajstić information content (AvgIpc) is 3.20. The first-order valence-corrected chi connectivity index (χ1v) is 8.52. The lowest BCUT2D eigenvalue weighted by Crippen LogP contribution is -2.01. The number of rotatable bonds is 4. The Morgan fingerprint density at radius 2 is 1.92 bits per heavy atom. The lowest BCUT2D eigenvalue weighted by atomic mass is 10.1. The average molecular weight is 362 g/mol. The van der Waals surface area contributed by atoms with Crippen molar-refractivity contribution in [3.63, 3.8) is 0 Å². The van der Waals surface area contributed by atoms with E-state index in [1.54, 1.807) is 18.7 Å². The van der Waals surface area contributed by atoms with Crippen molar-refractivity contribution in [2.24, 2.45) is 5.10 Å². The number of aromatic nitrogens is 3. The van der Waals surface area contributed by atoms with Crippen molar-refractivity contribution in [1.82, 2.24) is 14.5 Å². The van der Waals surface area contributed by atoms with Crippen LogP contribution < -0.4 is 5.43 Å². The molecule has 0 aliphatic rings. The molecule has 0 radical (unpaired) electrons. The van der Waals surface area contributed by atoms with Gasteiger partial charge < -0.3 is 4.57 Å². The maximum Gasteiger partial charge on any atom is 0.0991 e. The zero-order valence-corrected chi connectivity index (χ0v) is 14.9. The second-order valence-corrected chi connectivity index (χ2v) is 6.28. The number of imidazole rings is 1. The minimum Gasteiger partial charge on any atom is -0.306 e. The van der Waals surface area contributed by atoms with E-state index in [9.17, 15) is 0 Å². The number of nitrogens with one attached hydrogen (secondary N) is 1. The number of hydrogen-bond acceptors (Lipinski definition) is 4. The van der Waals surface area contributed by atoms with Crippen LogP contribution in [0.15, 0.2) is 78.6 Å². The molecule has 2 heterocycles. The van der Waals surface area contributed by atoms with E-state index in [1.165, 1.54) is 0 Å². The van der Waals surface area contributed by atoms with E-state index in [0.717, 1.165) is 33.6 Å². The Morgan fingerprint density at radius 1 is 1.08 bits per heavy atom. The summed E-state index contributed by atoms with van der Waals surface area (Å²) in [7, 11) is 0. The molecule has 26 heavy (non-hydrogen) atoms. The summed E-state index contributed by atoms with van der Waals surface area (Å²) in [5.74, 6) is 0. The fourth-order valence-electron chi connectivity index (χ4n) is 2.71. The number of nitrogens with zero attached hydrogens (tertiary/aromatic N) is 4. The molecular formula is C20H16ClN5. The molecule has 5 nitrogen and oxygen atoms in total. The van der Waals surface area contributed by atoms with Crippen LogP contribution in [0.25, 0.3) is 16.6 Å². The number of benzene rings is 2. The minimum absolute atomic E-state index is 0.666. The molecule has 128 valence electrons. The topological polar surface area (TPSA) is 55.1 Å². The van der Waals surface area contributed by atoms with Crippen LogP contribution in [0.3, 0.4) is 0 Å². The van der Waals surface area contributed by atoms with Gasteiger partial charge in [0.05, 0.1) is 23.2 Å². The standard InChI is InChI=1S/C20H16ClN5/c1-14(15-2-5-17(6-3-15)26-11-10-22-13-26)24-25-19-8-9-23-20-12-16(21)4-7-18(19)20/h2-13H,1H3,(H,23,25). The van der Waals surface area contributed by atoms with Gasteiger partial charge in [0.2, 0.25) is 0 Å². The molecule has 0 saturated heterocycles. The Bertz CT molecular complexity index is 1070. The first kappa shape index (κ1) is 16.3. The molecule has 4 rings (SSSR count). The summed E-state index contributed by atoms with van der Waals surface area (Å²) in [6.07, 6.45) is 7.19. The maximum absolute atomic E-state index is 6.03. The molecule has 6 heteroatoms. The Morgan fingerprint density at radius 3 is 2.69 bits per heavy atom. The van der Waals surface area contributed by atoms with Gasteiger partial charge in [0.15, 0.2) is 0 Å². The molecule has 2 aromatic heterocycles. The number of pyridine rings is 1. The minimum atomic E-state index is 0.666. The second kappa shape index (κ2) is 6.98. The Hall–Kier alpha value is -3.18. The number of hydrogen-bond donors (Lipinski definition) is 1. The van der Waals surface area contributed by atoms with E-state index in [-0.39, 0.29) is 0 Å². The highest BCUT2D eigenvalue weighted by molar-refractivity contribution is 6.31. The van der Waals surface area contributed by atoms with Gasteiger partial charge in [-0.1, -0.05) is 23.7 Å². The molecule has 0 aliphatic heterocycles. The van der Waals surface area contributed by atoms with Gasteiger partial charge in [0.25, 0.3) is 0 Å². The zero-order valence-electron chi connectivity index (χ0n) is 14.1. The normalized spacial score (nSPS) is 11.7. The summed E-state index contributed by atoms with van der Waals surface area (Å²) in [6, 6.07) is 15.7. The monoisotopic (exact) mass is 361 g/mol. The van der Waals surface area contributed by atoms with E-state index >= 15 is 0 Å². The lowest BCUT2D eigenvalue weighted by molar-refractivity contribution is 1.06. The quantitative estimate of drug-likeness (QED) is 0.415.